The first kappa shape index (κ1) is 25.8. The third kappa shape index (κ3) is 6.73. The fourth-order valence-corrected chi connectivity index (χ4v) is 4.29. The Balaban J connectivity index is 1.36. The summed E-state index contributed by atoms with van der Waals surface area (Å²) in [6, 6.07) is 6.92. The Morgan fingerprint density at radius 1 is 1.03 bits per heavy atom. The maximum atomic E-state index is 14.6. The first-order valence-corrected chi connectivity index (χ1v) is 12.9. The van der Waals surface area contributed by atoms with Crippen LogP contribution in [-0.2, 0) is 4.74 Å². The van der Waals surface area contributed by atoms with E-state index in [1.165, 1.54) is 6.20 Å². The first-order valence-electron chi connectivity index (χ1n) is 12.9. The van der Waals surface area contributed by atoms with Crippen molar-refractivity contribution in [3.8, 4) is 22.8 Å². The molecule has 11 heteroatoms. The fourth-order valence-electron chi connectivity index (χ4n) is 4.29. The normalized spacial score (nSPS) is 16.3. The highest BCUT2D eigenvalue weighted by Gasteiger charge is 2.17. The first-order chi connectivity index (χ1) is 18.7. The molecular formula is C27H31FN6O4. The summed E-state index contributed by atoms with van der Waals surface area (Å²) in [5, 5.41) is 6.09. The van der Waals surface area contributed by atoms with Gasteiger partial charge in [0.15, 0.2) is 5.82 Å². The second-order valence-corrected chi connectivity index (χ2v) is 9.10. The molecule has 5 rings (SSSR count). The molecule has 1 amide bonds. The number of halogens is 1. The predicted molar refractivity (Wildman–Crippen MR) is 139 cm³/mol. The lowest BCUT2D eigenvalue weighted by Crippen LogP contribution is -2.41. The topological polar surface area (TPSA) is 111 Å². The van der Waals surface area contributed by atoms with Crippen LogP contribution in [0.5, 0.6) is 11.5 Å². The van der Waals surface area contributed by atoms with E-state index in [1.54, 1.807) is 30.5 Å². The van der Waals surface area contributed by atoms with E-state index in [1.807, 2.05) is 0 Å². The summed E-state index contributed by atoms with van der Waals surface area (Å²) < 4.78 is 31.9. The molecule has 1 saturated heterocycles. The van der Waals surface area contributed by atoms with Crippen LogP contribution in [0.25, 0.3) is 11.3 Å². The molecule has 38 heavy (non-hydrogen) atoms. The average Bonchev–Trinajstić information content (AvgIpc) is 2.94. The van der Waals surface area contributed by atoms with Crippen molar-refractivity contribution in [2.24, 2.45) is 0 Å². The summed E-state index contributed by atoms with van der Waals surface area (Å²) in [6.45, 7) is 5.40. The maximum absolute atomic E-state index is 14.6. The number of ether oxygens (including phenoxy) is 3. The van der Waals surface area contributed by atoms with Gasteiger partial charge in [-0.25, -0.2) is 14.4 Å². The molecule has 0 aliphatic carbocycles. The van der Waals surface area contributed by atoms with Gasteiger partial charge in [0.2, 0.25) is 5.95 Å². The molecule has 3 aromatic rings. The Bertz CT molecular complexity index is 1250. The summed E-state index contributed by atoms with van der Waals surface area (Å²) >= 11 is 0. The molecule has 0 spiro atoms. The molecule has 2 aliphatic rings. The number of benzene rings is 1. The van der Waals surface area contributed by atoms with Gasteiger partial charge in [0.1, 0.15) is 17.2 Å². The Kier molecular flexibility index (Phi) is 8.56. The van der Waals surface area contributed by atoms with Crippen LogP contribution in [0.1, 0.15) is 29.6 Å². The van der Waals surface area contributed by atoms with Crippen molar-refractivity contribution >= 4 is 17.5 Å². The van der Waals surface area contributed by atoms with E-state index in [4.69, 9.17) is 14.2 Å². The average molecular weight is 523 g/mol. The third-order valence-electron chi connectivity index (χ3n) is 6.35. The molecule has 0 saturated carbocycles. The monoisotopic (exact) mass is 522 g/mol. The zero-order chi connectivity index (χ0) is 26.2. The van der Waals surface area contributed by atoms with Crippen molar-refractivity contribution in [1.29, 1.82) is 0 Å². The summed E-state index contributed by atoms with van der Waals surface area (Å²) in [6.07, 6.45) is 6.74. The highest BCUT2D eigenvalue weighted by molar-refractivity contribution is 5.97. The summed E-state index contributed by atoms with van der Waals surface area (Å²) in [7, 11) is 0. The van der Waals surface area contributed by atoms with E-state index < -0.39 is 5.82 Å². The van der Waals surface area contributed by atoms with Crippen molar-refractivity contribution in [3.63, 3.8) is 0 Å². The molecule has 2 N–H and O–H groups in total. The van der Waals surface area contributed by atoms with Gasteiger partial charge in [0, 0.05) is 49.7 Å². The molecule has 6 bridgehead atoms. The van der Waals surface area contributed by atoms with Crippen LogP contribution in [0.15, 0.2) is 42.9 Å². The van der Waals surface area contributed by atoms with Crippen molar-refractivity contribution in [3.05, 3.63) is 54.2 Å². The second kappa shape index (κ2) is 12.6. The number of carbonyl (C=O) groups is 1. The number of hydrogen-bond acceptors (Lipinski definition) is 9. The Morgan fingerprint density at radius 2 is 1.87 bits per heavy atom. The second-order valence-electron chi connectivity index (χ2n) is 9.10. The highest BCUT2D eigenvalue weighted by atomic mass is 19.1. The zero-order valence-corrected chi connectivity index (χ0v) is 21.1. The number of anilines is 2. The SMILES string of the molecule is O=C(NCCN1CCOCC1)c1ccc2cc1OCCCCCOc1cncc(c1)-c1nc(ncc1F)N2. The van der Waals surface area contributed by atoms with Gasteiger partial charge in [-0.05, 0) is 37.5 Å². The molecule has 4 heterocycles. The standard InChI is InChI=1S/C27H31FN6O4/c28-23-18-31-27-32-20-4-5-22(26(35)30-6-7-34-8-12-36-13-9-34)24(15-20)38-11-3-1-2-10-37-21-14-19(16-29-17-21)25(23)33-27/h4-5,14-18H,1-3,6-13H2,(H,30,35)(H,31,32,33). The Hall–Kier alpha value is -3.83. The Morgan fingerprint density at radius 3 is 2.74 bits per heavy atom. The minimum Gasteiger partial charge on any atom is -0.493 e. The fraction of sp³-hybridized carbons (Fsp3) is 0.407. The molecule has 0 atom stereocenters. The summed E-state index contributed by atoms with van der Waals surface area (Å²) in [5.74, 6) is 0.432. The quantitative estimate of drug-likeness (QED) is 0.532. The van der Waals surface area contributed by atoms with Crippen LogP contribution < -0.4 is 20.1 Å². The molecule has 0 radical (unpaired) electrons. The van der Waals surface area contributed by atoms with Crippen molar-refractivity contribution in [2.75, 3.05) is 57.9 Å². The van der Waals surface area contributed by atoms with Crippen LogP contribution in [0.3, 0.4) is 0 Å². The molecule has 1 aromatic carbocycles. The molecule has 2 aliphatic heterocycles. The number of nitrogens with one attached hydrogen (secondary N) is 2. The summed E-state index contributed by atoms with van der Waals surface area (Å²) in [5.41, 5.74) is 1.66. The number of carbonyl (C=O) groups excluding carboxylic acids is 1. The van der Waals surface area contributed by atoms with Gasteiger partial charge in [-0.1, -0.05) is 0 Å². The predicted octanol–water partition coefficient (Wildman–Crippen LogP) is 3.42. The third-order valence-corrected chi connectivity index (χ3v) is 6.35. The van der Waals surface area contributed by atoms with Gasteiger partial charge in [-0.15, -0.1) is 0 Å². The smallest absolute Gasteiger partial charge is 0.255 e. The lowest BCUT2D eigenvalue weighted by atomic mass is 10.1. The van der Waals surface area contributed by atoms with Crippen LogP contribution in [-0.4, -0.2) is 78.4 Å². The minimum absolute atomic E-state index is 0.109. The van der Waals surface area contributed by atoms with E-state index in [0.717, 1.165) is 58.3 Å². The number of hydrogen-bond donors (Lipinski definition) is 2. The van der Waals surface area contributed by atoms with Gasteiger partial charge in [-0.3, -0.25) is 14.7 Å². The number of fused-ring (bicyclic) bond motifs is 7. The van der Waals surface area contributed by atoms with Gasteiger partial charge in [-0.2, -0.15) is 0 Å². The van der Waals surface area contributed by atoms with E-state index >= 15 is 0 Å². The van der Waals surface area contributed by atoms with Gasteiger partial charge < -0.3 is 24.8 Å². The summed E-state index contributed by atoms with van der Waals surface area (Å²) in [4.78, 5) is 27.9. The number of aromatic nitrogens is 3. The van der Waals surface area contributed by atoms with E-state index in [9.17, 15) is 9.18 Å². The van der Waals surface area contributed by atoms with Crippen molar-refractivity contribution in [2.45, 2.75) is 19.3 Å². The number of pyridine rings is 1. The van der Waals surface area contributed by atoms with Crippen molar-refractivity contribution in [1.82, 2.24) is 25.2 Å². The van der Waals surface area contributed by atoms with Gasteiger partial charge in [0.25, 0.3) is 5.91 Å². The minimum atomic E-state index is -0.569. The molecule has 1 fully saturated rings. The Labute approximate surface area is 220 Å². The van der Waals surface area contributed by atoms with E-state index in [2.05, 4.69) is 30.5 Å². The molecule has 10 nitrogen and oxygen atoms in total. The number of rotatable bonds is 4. The molecule has 200 valence electrons. The largest absolute Gasteiger partial charge is 0.493 e. The molecular weight excluding hydrogens is 491 g/mol. The zero-order valence-electron chi connectivity index (χ0n) is 21.1. The van der Waals surface area contributed by atoms with Crippen molar-refractivity contribution < 1.29 is 23.4 Å². The number of amides is 1. The van der Waals surface area contributed by atoms with Crippen LogP contribution in [0.2, 0.25) is 0 Å². The number of morpholine rings is 1. The van der Waals surface area contributed by atoms with E-state index in [0.29, 0.717) is 48.1 Å². The lowest BCUT2D eigenvalue weighted by molar-refractivity contribution is 0.0383. The van der Waals surface area contributed by atoms with Crippen LogP contribution >= 0.6 is 0 Å². The maximum Gasteiger partial charge on any atom is 0.255 e. The van der Waals surface area contributed by atoms with Gasteiger partial charge >= 0.3 is 0 Å². The highest BCUT2D eigenvalue weighted by Crippen LogP contribution is 2.28. The van der Waals surface area contributed by atoms with Crippen LogP contribution in [0, 0.1) is 5.82 Å². The van der Waals surface area contributed by atoms with Gasteiger partial charge in [0.05, 0.1) is 44.4 Å². The van der Waals surface area contributed by atoms with Crippen LogP contribution in [0.4, 0.5) is 16.0 Å². The molecule has 2 aromatic heterocycles. The number of nitrogens with zero attached hydrogens (tertiary/aromatic N) is 4. The molecule has 0 unspecified atom stereocenters. The van der Waals surface area contributed by atoms with E-state index in [-0.39, 0.29) is 17.5 Å². The lowest BCUT2D eigenvalue weighted by Gasteiger charge is -2.26.